The highest BCUT2D eigenvalue weighted by atomic mass is 16.7. The molecule has 8 nitrogen and oxygen atoms in total. The van der Waals surface area contributed by atoms with E-state index in [-0.39, 0.29) is 12.7 Å². The molecule has 0 aliphatic carbocycles. The highest BCUT2D eigenvalue weighted by molar-refractivity contribution is 5.99. The number of ether oxygens (including phenoxy) is 2. The zero-order chi connectivity index (χ0) is 25.5. The molecule has 6 rings (SSSR count). The zero-order valence-corrected chi connectivity index (χ0v) is 21.6. The number of fused-ring (bicyclic) bond motifs is 2. The Balaban J connectivity index is 1.16. The number of aromatic nitrogens is 3. The molecular weight excluding hydrogens is 466 g/mol. The fourth-order valence-corrected chi connectivity index (χ4v) is 5.43. The topological polar surface area (TPSA) is 73.4 Å². The quantitative estimate of drug-likeness (QED) is 0.458. The minimum absolute atomic E-state index is 0.00934. The number of rotatable bonds is 5. The van der Waals surface area contributed by atoms with Crippen LogP contribution < -0.4 is 14.4 Å². The molecule has 190 valence electrons. The minimum atomic E-state index is 0.00934. The van der Waals surface area contributed by atoms with Crippen molar-refractivity contribution in [3.63, 3.8) is 0 Å². The lowest BCUT2D eigenvalue weighted by Crippen LogP contribution is -3.13. The van der Waals surface area contributed by atoms with Crippen LogP contribution in [0.2, 0.25) is 0 Å². The molecule has 2 aliphatic heterocycles. The lowest BCUT2D eigenvalue weighted by Gasteiger charge is -2.32. The van der Waals surface area contributed by atoms with Crippen LogP contribution in [0.5, 0.6) is 11.5 Å². The first-order chi connectivity index (χ1) is 18.0. The third-order valence-electron chi connectivity index (χ3n) is 7.72. The van der Waals surface area contributed by atoms with Crippen LogP contribution in [0.4, 0.5) is 0 Å². The summed E-state index contributed by atoms with van der Waals surface area (Å²) in [5.74, 6) is 1.64. The highest BCUT2D eigenvalue weighted by Crippen LogP contribution is 2.32. The van der Waals surface area contributed by atoms with E-state index in [1.54, 1.807) is 6.20 Å². The van der Waals surface area contributed by atoms with E-state index in [1.807, 2.05) is 22.4 Å². The van der Waals surface area contributed by atoms with Crippen LogP contribution in [-0.2, 0) is 13.0 Å². The summed E-state index contributed by atoms with van der Waals surface area (Å²) in [6.07, 6.45) is 2.48. The van der Waals surface area contributed by atoms with Gasteiger partial charge < -0.3 is 19.3 Å². The van der Waals surface area contributed by atoms with Gasteiger partial charge in [-0.25, -0.2) is 9.50 Å². The fourth-order valence-electron chi connectivity index (χ4n) is 5.43. The number of quaternary nitrogens is 1. The zero-order valence-electron chi connectivity index (χ0n) is 21.6. The van der Waals surface area contributed by atoms with E-state index >= 15 is 0 Å². The number of benzene rings is 2. The van der Waals surface area contributed by atoms with E-state index in [0.29, 0.717) is 24.3 Å². The first-order valence-corrected chi connectivity index (χ1v) is 12.9. The summed E-state index contributed by atoms with van der Waals surface area (Å²) < 4.78 is 12.8. The van der Waals surface area contributed by atoms with Crippen molar-refractivity contribution in [2.24, 2.45) is 0 Å². The summed E-state index contributed by atoms with van der Waals surface area (Å²) in [6.45, 7) is 10.6. The van der Waals surface area contributed by atoms with Crippen molar-refractivity contribution >= 4 is 11.6 Å². The maximum Gasteiger partial charge on any atom is 0.259 e. The summed E-state index contributed by atoms with van der Waals surface area (Å²) in [4.78, 5) is 21.8. The van der Waals surface area contributed by atoms with Crippen molar-refractivity contribution in [3.05, 3.63) is 87.9 Å². The van der Waals surface area contributed by atoms with Crippen molar-refractivity contribution < 1.29 is 19.2 Å². The van der Waals surface area contributed by atoms with Crippen LogP contribution in [0.15, 0.2) is 48.7 Å². The summed E-state index contributed by atoms with van der Waals surface area (Å²) in [6, 6.07) is 14.6. The van der Waals surface area contributed by atoms with Crippen molar-refractivity contribution in [1.82, 2.24) is 19.5 Å². The van der Waals surface area contributed by atoms with E-state index in [9.17, 15) is 4.79 Å². The molecule has 2 aromatic carbocycles. The van der Waals surface area contributed by atoms with E-state index in [0.717, 1.165) is 54.5 Å². The molecular formula is C29H32N5O3+. The van der Waals surface area contributed by atoms with Crippen molar-refractivity contribution in [2.45, 2.75) is 33.7 Å². The van der Waals surface area contributed by atoms with Crippen LogP contribution in [0.25, 0.3) is 5.65 Å². The van der Waals surface area contributed by atoms with E-state index in [1.165, 1.54) is 21.6 Å². The van der Waals surface area contributed by atoms with Crippen molar-refractivity contribution in [2.75, 3.05) is 33.0 Å². The number of carbonyl (C=O) groups is 1. The third kappa shape index (κ3) is 4.42. The van der Waals surface area contributed by atoms with Crippen molar-refractivity contribution in [1.29, 1.82) is 0 Å². The van der Waals surface area contributed by atoms with Gasteiger partial charge >= 0.3 is 0 Å². The largest absolute Gasteiger partial charge is 0.454 e. The number of aryl methyl sites for hydroxylation is 3. The van der Waals surface area contributed by atoms with Crippen molar-refractivity contribution in [3.8, 4) is 11.5 Å². The molecule has 0 atom stereocenters. The second kappa shape index (κ2) is 9.52. The van der Waals surface area contributed by atoms with Gasteiger partial charge in [0, 0.05) is 23.4 Å². The average molecular weight is 499 g/mol. The molecule has 37 heavy (non-hydrogen) atoms. The van der Waals surface area contributed by atoms with Crippen LogP contribution in [-0.4, -0.2) is 58.4 Å². The molecule has 2 aromatic heterocycles. The molecule has 4 aromatic rings. The highest BCUT2D eigenvalue weighted by Gasteiger charge is 2.28. The average Bonchev–Trinajstić information content (AvgIpc) is 3.54. The smallest absolute Gasteiger partial charge is 0.259 e. The van der Waals surface area contributed by atoms with Gasteiger partial charge in [-0.1, -0.05) is 24.3 Å². The Labute approximate surface area is 216 Å². The predicted molar refractivity (Wildman–Crippen MR) is 139 cm³/mol. The number of piperazine rings is 1. The minimum Gasteiger partial charge on any atom is -0.454 e. The Morgan fingerprint density at radius 2 is 1.81 bits per heavy atom. The third-order valence-corrected chi connectivity index (χ3v) is 7.72. The molecule has 0 bridgehead atoms. The van der Waals surface area contributed by atoms with Gasteiger partial charge in [0.2, 0.25) is 6.79 Å². The lowest BCUT2D eigenvalue weighted by molar-refractivity contribution is -0.917. The first kappa shape index (κ1) is 23.5. The van der Waals surface area contributed by atoms with Crippen LogP contribution >= 0.6 is 0 Å². The molecule has 0 spiro atoms. The van der Waals surface area contributed by atoms with E-state index in [4.69, 9.17) is 14.5 Å². The van der Waals surface area contributed by atoms with Crippen LogP contribution in [0.1, 0.15) is 44.0 Å². The number of nitrogens with zero attached hydrogens (tertiary/aromatic N) is 4. The SMILES string of the molecule is Cc1ccccc1Cc1c(C)nc2c(C(=O)N3CC[NH+](Cc4ccc5c(c4)OCO5)CC3)cnn2c1C. The van der Waals surface area contributed by atoms with Gasteiger partial charge in [-0.05, 0) is 55.7 Å². The summed E-state index contributed by atoms with van der Waals surface area (Å²) >= 11 is 0. The van der Waals surface area contributed by atoms with E-state index < -0.39 is 0 Å². The molecule has 0 unspecified atom stereocenters. The molecule has 4 heterocycles. The lowest BCUT2D eigenvalue weighted by atomic mass is 9.99. The second-order valence-corrected chi connectivity index (χ2v) is 10.1. The number of nitrogens with one attached hydrogen (secondary N) is 1. The van der Waals surface area contributed by atoms with E-state index in [2.05, 4.69) is 55.3 Å². The molecule has 0 saturated carbocycles. The number of amides is 1. The van der Waals surface area contributed by atoms with Gasteiger partial charge in [0.25, 0.3) is 5.91 Å². The van der Waals surface area contributed by atoms with Gasteiger partial charge in [-0.15, -0.1) is 0 Å². The summed E-state index contributed by atoms with van der Waals surface area (Å²) in [7, 11) is 0. The van der Waals surface area contributed by atoms with Gasteiger partial charge in [-0.2, -0.15) is 5.10 Å². The first-order valence-electron chi connectivity index (χ1n) is 12.9. The van der Waals surface area contributed by atoms with Gasteiger partial charge in [-0.3, -0.25) is 4.79 Å². The van der Waals surface area contributed by atoms with Crippen LogP contribution in [0, 0.1) is 20.8 Å². The Morgan fingerprint density at radius 1 is 1.03 bits per heavy atom. The Bertz CT molecular complexity index is 1490. The predicted octanol–water partition coefficient (Wildman–Crippen LogP) is 2.51. The second-order valence-electron chi connectivity index (χ2n) is 10.1. The number of hydrogen-bond acceptors (Lipinski definition) is 5. The summed E-state index contributed by atoms with van der Waals surface area (Å²) in [5.41, 5.74) is 8.11. The maximum absolute atomic E-state index is 13.5. The molecule has 8 heteroatoms. The molecule has 1 saturated heterocycles. The van der Waals surface area contributed by atoms with Gasteiger partial charge in [0.1, 0.15) is 12.1 Å². The molecule has 1 amide bonds. The standard InChI is InChI=1S/C29H31N5O3/c1-19-6-4-5-7-23(19)15-24-20(2)31-28-25(16-30-34(28)21(24)3)29(35)33-12-10-32(11-13-33)17-22-8-9-26-27(14-22)37-18-36-26/h4-9,14,16H,10-13,15,17-18H2,1-3H3/p+1. The normalized spacial score (nSPS) is 15.5. The van der Waals surface area contributed by atoms with Gasteiger partial charge in [0.15, 0.2) is 17.1 Å². The van der Waals surface area contributed by atoms with Gasteiger partial charge in [0.05, 0.1) is 32.4 Å². The number of hydrogen-bond donors (Lipinski definition) is 1. The molecule has 1 fully saturated rings. The maximum atomic E-state index is 13.5. The summed E-state index contributed by atoms with van der Waals surface area (Å²) in [5, 5.41) is 4.58. The Morgan fingerprint density at radius 3 is 2.62 bits per heavy atom. The Hall–Kier alpha value is -3.91. The molecule has 2 aliphatic rings. The van der Waals surface area contributed by atoms with Crippen LogP contribution in [0.3, 0.4) is 0 Å². The number of carbonyl (C=O) groups excluding carboxylic acids is 1. The molecule has 0 radical (unpaired) electrons. The molecule has 1 N–H and O–H groups in total. The Kier molecular flexibility index (Phi) is 6.04. The monoisotopic (exact) mass is 498 g/mol. The fraction of sp³-hybridized carbons (Fsp3) is 0.345.